The molecule has 1 unspecified atom stereocenters. The van der Waals surface area contributed by atoms with Crippen LogP contribution < -0.4 is 5.73 Å². The highest BCUT2D eigenvalue weighted by molar-refractivity contribution is 6.31. The summed E-state index contributed by atoms with van der Waals surface area (Å²) in [6.45, 7) is 2.69. The lowest BCUT2D eigenvalue weighted by molar-refractivity contribution is 0.710. The minimum absolute atomic E-state index is 0.122. The Labute approximate surface area is 128 Å². The third-order valence-electron chi connectivity index (χ3n) is 3.45. The summed E-state index contributed by atoms with van der Waals surface area (Å²) in [7, 11) is 1.86. The van der Waals surface area contributed by atoms with Gasteiger partial charge in [-0.3, -0.25) is 4.68 Å². The van der Waals surface area contributed by atoms with Crippen LogP contribution in [0.15, 0.2) is 30.6 Å². The maximum Gasteiger partial charge on any atom is 0.102 e. The second kappa shape index (κ2) is 5.50. The molecule has 0 spiro atoms. The van der Waals surface area contributed by atoms with Gasteiger partial charge in [0.2, 0.25) is 0 Å². The molecule has 0 saturated carbocycles. The van der Waals surface area contributed by atoms with Crippen LogP contribution in [0.5, 0.6) is 0 Å². The number of aryl methyl sites for hydroxylation is 1. The monoisotopic (exact) mass is 303 g/mol. The van der Waals surface area contributed by atoms with E-state index in [2.05, 4.69) is 27.1 Å². The first kappa shape index (κ1) is 14.1. The smallest absolute Gasteiger partial charge is 0.102 e. The standard InChI is InChI=1S/C15H18ClN5/c1-10(17)5-11-7-21(9-13-8-20(2)19-18-13)15-6-12(16)3-4-14(11)15/h3-4,6-8,10H,5,9,17H2,1-2H3. The van der Waals surface area contributed by atoms with Gasteiger partial charge < -0.3 is 10.3 Å². The van der Waals surface area contributed by atoms with Crippen molar-refractivity contribution in [3.63, 3.8) is 0 Å². The van der Waals surface area contributed by atoms with Crippen molar-refractivity contribution in [1.82, 2.24) is 19.6 Å². The Kier molecular flexibility index (Phi) is 3.69. The second-order valence-electron chi connectivity index (χ2n) is 5.51. The summed E-state index contributed by atoms with van der Waals surface area (Å²) in [5.74, 6) is 0. The quantitative estimate of drug-likeness (QED) is 0.805. The summed E-state index contributed by atoms with van der Waals surface area (Å²) in [6.07, 6.45) is 4.90. The predicted molar refractivity (Wildman–Crippen MR) is 84.4 cm³/mol. The van der Waals surface area contributed by atoms with E-state index in [4.69, 9.17) is 17.3 Å². The SMILES string of the molecule is CC(N)Cc1cn(Cc2cn(C)nn2)c2cc(Cl)ccc12. The summed E-state index contributed by atoms with van der Waals surface area (Å²) in [5, 5.41) is 10.0. The normalized spacial score (nSPS) is 13.0. The van der Waals surface area contributed by atoms with Crippen molar-refractivity contribution in [1.29, 1.82) is 0 Å². The number of rotatable bonds is 4. The van der Waals surface area contributed by atoms with Gasteiger partial charge in [-0.15, -0.1) is 5.10 Å². The van der Waals surface area contributed by atoms with E-state index < -0.39 is 0 Å². The molecule has 2 N–H and O–H groups in total. The molecule has 0 fully saturated rings. The summed E-state index contributed by atoms with van der Waals surface area (Å²) < 4.78 is 3.86. The van der Waals surface area contributed by atoms with Gasteiger partial charge in [0.15, 0.2) is 0 Å². The van der Waals surface area contributed by atoms with Gasteiger partial charge in [-0.1, -0.05) is 22.9 Å². The van der Waals surface area contributed by atoms with Gasteiger partial charge in [0.05, 0.1) is 12.1 Å². The fourth-order valence-electron chi connectivity index (χ4n) is 2.62. The van der Waals surface area contributed by atoms with E-state index in [0.29, 0.717) is 6.54 Å². The van der Waals surface area contributed by atoms with Crippen molar-refractivity contribution >= 4 is 22.5 Å². The van der Waals surface area contributed by atoms with E-state index in [1.54, 1.807) is 4.68 Å². The molecule has 3 aromatic rings. The van der Waals surface area contributed by atoms with Crippen molar-refractivity contribution in [3.8, 4) is 0 Å². The lowest BCUT2D eigenvalue weighted by atomic mass is 10.1. The molecule has 3 rings (SSSR count). The van der Waals surface area contributed by atoms with Gasteiger partial charge >= 0.3 is 0 Å². The number of hydrogen-bond acceptors (Lipinski definition) is 3. The zero-order chi connectivity index (χ0) is 15.0. The first-order chi connectivity index (χ1) is 10.0. The van der Waals surface area contributed by atoms with Crippen LogP contribution in [0.3, 0.4) is 0 Å². The Morgan fingerprint density at radius 2 is 2.14 bits per heavy atom. The zero-order valence-electron chi connectivity index (χ0n) is 12.1. The molecule has 6 heteroatoms. The molecule has 21 heavy (non-hydrogen) atoms. The van der Waals surface area contributed by atoms with Crippen LogP contribution >= 0.6 is 11.6 Å². The first-order valence-electron chi connectivity index (χ1n) is 6.91. The zero-order valence-corrected chi connectivity index (χ0v) is 12.9. The Morgan fingerprint density at radius 1 is 1.33 bits per heavy atom. The first-order valence-corrected chi connectivity index (χ1v) is 7.29. The van der Waals surface area contributed by atoms with Gasteiger partial charge in [-0.05, 0) is 31.0 Å². The van der Waals surface area contributed by atoms with Crippen LogP contribution in [0.25, 0.3) is 10.9 Å². The number of hydrogen-bond donors (Lipinski definition) is 1. The molecule has 0 radical (unpaired) electrons. The fourth-order valence-corrected chi connectivity index (χ4v) is 2.79. The van der Waals surface area contributed by atoms with Crippen LogP contribution in [0, 0.1) is 0 Å². The highest BCUT2D eigenvalue weighted by atomic mass is 35.5. The molecule has 1 aromatic carbocycles. The largest absolute Gasteiger partial charge is 0.341 e. The Balaban J connectivity index is 2.06. The third-order valence-corrected chi connectivity index (χ3v) is 3.69. The number of nitrogens with two attached hydrogens (primary N) is 1. The van der Waals surface area contributed by atoms with Crippen LogP contribution in [-0.4, -0.2) is 25.6 Å². The van der Waals surface area contributed by atoms with Crippen LogP contribution in [0.2, 0.25) is 5.02 Å². The van der Waals surface area contributed by atoms with Crippen molar-refractivity contribution < 1.29 is 0 Å². The lowest BCUT2D eigenvalue weighted by Crippen LogP contribution is -2.17. The van der Waals surface area contributed by atoms with Crippen LogP contribution in [0.4, 0.5) is 0 Å². The predicted octanol–water partition coefficient (Wildman–Crippen LogP) is 2.36. The third kappa shape index (κ3) is 2.94. The molecule has 0 aliphatic carbocycles. The molecule has 110 valence electrons. The number of fused-ring (bicyclic) bond motifs is 1. The van der Waals surface area contributed by atoms with Crippen LogP contribution in [0.1, 0.15) is 18.2 Å². The van der Waals surface area contributed by atoms with Gasteiger partial charge in [-0.25, -0.2) is 0 Å². The van der Waals surface area contributed by atoms with Gasteiger partial charge in [0.1, 0.15) is 5.69 Å². The van der Waals surface area contributed by atoms with E-state index in [0.717, 1.165) is 22.7 Å². The topological polar surface area (TPSA) is 61.7 Å². The fraction of sp³-hybridized carbons (Fsp3) is 0.333. The molecule has 0 aliphatic rings. The van der Waals surface area contributed by atoms with Crippen LogP contribution in [-0.2, 0) is 20.0 Å². The molecule has 0 saturated heterocycles. The summed E-state index contributed by atoms with van der Waals surface area (Å²) in [4.78, 5) is 0. The minimum atomic E-state index is 0.122. The molecule has 2 aromatic heterocycles. The van der Waals surface area contributed by atoms with E-state index in [1.807, 2.05) is 32.3 Å². The number of benzene rings is 1. The van der Waals surface area contributed by atoms with E-state index >= 15 is 0 Å². The highest BCUT2D eigenvalue weighted by Gasteiger charge is 2.12. The summed E-state index contributed by atoms with van der Waals surface area (Å²) in [6, 6.07) is 6.08. The molecule has 1 atom stereocenters. The second-order valence-corrected chi connectivity index (χ2v) is 5.95. The average molecular weight is 304 g/mol. The van der Waals surface area contributed by atoms with E-state index in [9.17, 15) is 0 Å². The maximum atomic E-state index is 6.14. The molecule has 0 amide bonds. The van der Waals surface area contributed by atoms with Gasteiger partial charge in [-0.2, -0.15) is 0 Å². The van der Waals surface area contributed by atoms with Crippen molar-refractivity contribution in [2.75, 3.05) is 0 Å². The number of aromatic nitrogens is 4. The van der Waals surface area contributed by atoms with Gasteiger partial charge in [0, 0.05) is 35.9 Å². The van der Waals surface area contributed by atoms with Crippen molar-refractivity contribution in [3.05, 3.63) is 46.9 Å². The van der Waals surface area contributed by atoms with E-state index in [1.165, 1.54) is 10.9 Å². The maximum absolute atomic E-state index is 6.14. The molecule has 5 nitrogen and oxygen atoms in total. The van der Waals surface area contributed by atoms with Gasteiger partial charge in [0.25, 0.3) is 0 Å². The summed E-state index contributed by atoms with van der Waals surface area (Å²) in [5.41, 5.74) is 9.21. The molecule has 0 aliphatic heterocycles. The Morgan fingerprint density at radius 3 is 2.81 bits per heavy atom. The Hall–Kier alpha value is -1.85. The molecular formula is C15H18ClN5. The lowest BCUT2D eigenvalue weighted by Gasteiger charge is -2.02. The Bertz CT molecular complexity index is 772. The average Bonchev–Trinajstić information content (AvgIpc) is 2.95. The molecular weight excluding hydrogens is 286 g/mol. The molecule has 2 heterocycles. The van der Waals surface area contributed by atoms with Crippen molar-refractivity contribution in [2.24, 2.45) is 12.8 Å². The number of nitrogens with zero attached hydrogens (tertiary/aromatic N) is 4. The summed E-state index contributed by atoms with van der Waals surface area (Å²) >= 11 is 6.14. The number of halogens is 1. The minimum Gasteiger partial charge on any atom is -0.341 e. The van der Waals surface area contributed by atoms with Crippen molar-refractivity contribution in [2.45, 2.75) is 25.9 Å². The van der Waals surface area contributed by atoms with E-state index in [-0.39, 0.29) is 6.04 Å². The highest BCUT2D eigenvalue weighted by Crippen LogP contribution is 2.26. The molecule has 0 bridgehead atoms.